The van der Waals surface area contributed by atoms with Crippen molar-refractivity contribution in [2.24, 2.45) is 0 Å². The van der Waals surface area contributed by atoms with Crippen LogP contribution in [-0.2, 0) is 0 Å². The lowest BCUT2D eigenvalue weighted by Crippen LogP contribution is -1.99. The Morgan fingerprint density at radius 1 is 1.50 bits per heavy atom. The summed E-state index contributed by atoms with van der Waals surface area (Å²) in [4.78, 5) is 7.63. The van der Waals surface area contributed by atoms with E-state index in [0.29, 0.717) is 24.1 Å². The summed E-state index contributed by atoms with van der Waals surface area (Å²) in [7, 11) is 0. The van der Waals surface area contributed by atoms with E-state index in [1.807, 2.05) is 0 Å². The number of terminal acetylenes is 1. The molecular weight excluding hydrogens is 176 g/mol. The van der Waals surface area contributed by atoms with Gasteiger partial charge in [0.1, 0.15) is 6.61 Å². The van der Waals surface area contributed by atoms with E-state index >= 15 is 0 Å². The smallest absolute Gasteiger partial charge is 0.316 e. The molecule has 0 fully saturated rings. The van der Waals surface area contributed by atoms with Gasteiger partial charge in [-0.25, -0.2) is 9.97 Å². The largest absolute Gasteiger partial charge is 0.462 e. The minimum absolute atomic E-state index is 0.301. The minimum Gasteiger partial charge on any atom is -0.462 e. The van der Waals surface area contributed by atoms with Gasteiger partial charge >= 0.3 is 6.01 Å². The monoisotopic (exact) mass is 182 g/mol. The lowest BCUT2D eigenvalue weighted by molar-refractivity contribution is 0.301. The highest BCUT2D eigenvalue weighted by Gasteiger charge is 1.94. The van der Waals surface area contributed by atoms with Crippen molar-refractivity contribution in [3.63, 3.8) is 0 Å². The number of hydrogen-bond donors (Lipinski definition) is 0. The van der Waals surface area contributed by atoms with E-state index in [4.69, 9.17) is 22.8 Å². The van der Waals surface area contributed by atoms with Crippen molar-refractivity contribution in [2.75, 3.05) is 6.61 Å². The van der Waals surface area contributed by atoms with Crippen molar-refractivity contribution in [2.45, 2.75) is 6.42 Å². The molecule has 1 heterocycles. The summed E-state index contributed by atoms with van der Waals surface area (Å²) < 4.78 is 5.08. The van der Waals surface area contributed by atoms with E-state index in [9.17, 15) is 0 Å². The Morgan fingerprint density at radius 3 is 2.75 bits per heavy atom. The second kappa shape index (κ2) is 4.58. The maximum absolute atomic E-state index is 5.56. The summed E-state index contributed by atoms with van der Waals surface area (Å²) in [5, 5.41) is 0.485. The fraction of sp³-hybridized carbons (Fsp3) is 0.250. The molecule has 0 aliphatic heterocycles. The maximum Gasteiger partial charge on any atom is 0.316 e. The molecule has 1 aromatic heterocycles. The molecule has 0 bridgehead atoms. The fourth-order valence-corrected chi connectivity index (χ4v) is 0.674. The van der Waals surface area contributed by atoms with Crippen LogP contribution in [0.5, 0.6) is 6.01 Å². The van der Waals surface area contributed by atoms with Gasteiger partial charge in [0.15, 0.2) is 0 Å². The van der Waals surface area contributed by atoms with Crippen LogP contribution in [0.1, 0.15) is 6.42 Å². The molecular formula is C8H7ClN2O. The Labute approximate surface area is 75.7 Å². The van der Waals surface area contributed by atoms with Crippen molar-refractivity contribution in [1.82, 2.24) is 9.97 Å². The molecule has 0 saturated heterocycles. The van der Waals surface area contributed by atoms with Crippen molar-refractivity contribution in [1.29, 1.82) is 0 Å². The van der Waals surface area contributed by atoms with Crippen molar-refractivity contribution in [3.8, 4) is 18.4 Å². The topological polar surface area (TPSA) is 35.0 Å². The number of ether oxygens (including phenoxy) is 1. The standard InChI is InChI=1S/C8H7ClN2O/c1-2-3-4-12-8-10-5-7(9)6-11-8/h1,5-6H,3-4H2. The fourth-order valence-electron chi connectivity index (χ4n) is 0.576. The van der Waals surface area contributed by atoms with E-state index in [1.165, 1.54) is 12.4 Å². The van der Waals surface area contributed by atoms with Gasteiger partial charge in [0.2, 0.25) is 0 Å². The molecule has 3 nitrogen and oxygen atoms in total. The summed E-state index contributed by atoms with van der Waals surface area (Å²) in [6, 6.07) is 0.301. The van der Waals surface area contributed by atoms with Crippen LogP contribution in [0.4, 0.5) is 0 Å². The Balaban J connectivity index is 2.43. The molecule has 0 amide bonds. The number of nitrogens with zero attached hydrogens (tertiary/aromatic N) is 2. The predicted octanol–water partition coefficient (Wildman–Crippen LogP) is 1.53. The van der Waals surface area contributed by atoms with Gasteiger partial charge in [-0.1, -0.05) is 11.6 Å². The molecule has 62 valence electrons. The molecule has 0 N–H and O–H groups in total. The molecule has 12 heavy (non-hydrogen) atoms. The van der Waals surface area contributed by atoms with E-state index in [1.54, 1.807) is 0 Å². The number of aromatic nitrogens is 2. The highest BCUT2D eigenvalue weighted by molar-refractivity contribution is 6.30. The van der Waals surface area contributed by atoms with Crippen LogP contribution >= 0.6 is 11.6 Å². The van der Waals surface area contributed by atoms with Gasteiger partial charge in [-0.3, -0.25) is 0 Å². The Kier molecular flexibility index (Phi) is 3.36. The third-order valence-corrected chi connectivity index (χ3v) is 1.27. The first-order valence-electron chi connectivity index (χ1n) is 3.36. The summed E-state index contributed by atoms with van der Waals surface area (Å²) in [5.41, 5.74) is 0. The lowest BCUT2D eigenvalue weighted by atomic mass is 10.5. The molecule has 4 heteroatoms. The Hall–Kier alpha value is -1.27. The van der Waals surface area contributed by atoms with Crippen LogP contribution in [0.15, 0.2) is 12.4 Å². The van der Waals surface area contributed by atoms with Gasteiger partial charge in [-0.15, -0.1) is 12.3 Å². The Bertz CT molecular complexity index is 278. The van der Waals surface area contributed by atoms with Gasteiger partial charge in [-0.05, 0) is 0 Å². The first-order chi connectivity index (χ1) is 5.83. The minimum atomic E-state index is 0.301. The van der Waals surface area contributed by atoms with Gasteiger partial charge in [0.05, 0.1) is 17.4 Å². The van der Waals surface area contributed by atoms with E-state index in [0.717, 1.165) is 0 Å². The quantitative estimate of drug-likeness (QED) is 0.525. The van der Waals surface area contributed by atoms with Crippen LogP contribution in [0, 0.1) is 12.3 Å². The zero-order chi connectivity index (χ0) is 8.81. The lowest BCUT2D eigenvalue weighted by Gasteiger charge is -1.99. The van der Waals surface area contributed by atoms with Gasteiger partial charge in [0, 0.05) is 6.42 Å². The Morgan fingerprint density at radius 2 is 2.17 bits per heavy atom. The van der Waals surface area contributed by atoms with Crippen LogP contribution < -0.4 is 4.74 Å². The molecule has 0 atom stereocenters. The molecule has 0 spiro atoms. The molecule has 0 aliphatic rings. The molecule has 0 radical (unpaired) electrons. The SMILES string of the molecule is C#CCCOc1ncc(Cl)cn1. The molecule has 0 aliphatic carbocycles. The van der Waals surface area contributed by atoms with Gasteiger partial charge in [-0.2, -0.15) is 0 Å². The third-order valence-electron chi connectivity index (χ3n) is 1.07. The highest BCUT2D eigenvalue weighted by Crippen LogP contribution is 2.06. The average Bonchev–Trinajstić information content (AvgIpc) is 2.09. The summed E-state index contributed by atoms with van der Waals surface area (Å²) in [6.07, 6.45) is 8.52. The van der Waals surface area contributed by atoms with Crippen LogP contribution in [-0.4, -0.2) is 16.6 Å². The zero-order valence-corrected chi connectivity index (χ0v) is 7.08. The third kappa shape index (κ3) is 2.77. The number of rotatable bonds is 3. The second-order valence-corrected chi connectivity index (χ2v) is 2.42. The van der Waals surface area contributed by atoms with Crippen molar-refractivity contribution < 1.29 is 4.74 Å². The predicted molar refractivity (Wildman–Crippen MR) is 46.0 cm³/mol. The van der Waals surface area contributed by atoms with Crippen LogP contribution in [0.25, 0.3) is 0 Å². The highest BCUT2D eigenvalue weighted by atomic mass is 35.5. The van der Waals surface area contributed by atoms with Gasteiger partial charge < -0.3 is 4.74 Å². The molecule has 0 aromatic carbocycles. The summed E-state index contributed by atoms with van der Waals surface area (Å²) in [6.45, 7) is 0.429. The number of halogens is 1. The molecule has 1 rings (SSSR count). The van der Waals surface area contributed by atoms with E-state index < -0.39 is 0 Å². The van der Waals surface area contributed by atoms with Crippen molar-refractivity contribution >= 4 is 11.6 Å². The van der Waals surface area contributed by atoms with Crippen molar-refractivity contribution in [3.05, 3.63) is 17.4 Å². The van der Waals surface area contributed by atoms with E-state index in [2.05, 4.69) is 15.9 Å². The second-order valence-electron chi connectivity index (χ2n) is 1.99. The van der Waals surface area contributed by atoms with E-state index in [-0.39, 0.29) is 0 Å². The zero-order valence-electron chi connectivity index (χ0n) is 6.33. The average molecular weight is 183 g/mol. The summed E-state index contributed by atoms with van der Waals surface area (Å²) >= 11 is 5.56. The molecule has 1 aromatic rings. The first-order valence-corrected chi connectivity index (χ1v) is 3.74. The number of hydrogen-bond acceptors (Lipinski definition) is 3. The first kappa shape index (κ1) is 8.82. The summed E-state index contributed by atoms with van der Waals surface area (Å²) in [5.74, 6) is 2.44. The molecule has 0 unspecified atom stereocenters. The van der Waals surface area contributed by atoms with Gasteiger partial charge in [0.25, 0.3) is 0 Å². The normalized spacial score (nSPS) is 9.00. The van der Waals surface area contributed by atoms with Crippen LogP contribution in [0.2, 0.25) is 5.02 Å². The van der Waals surface area contributed by atoms with Crippen LogP contribution in [0.3, 0.4) is 0 Å². The molecule has 0 saturated carbocycles. The maximum atomic E-state index is 5.56.